The van der Waals surface area contributed by atoms with Crippen molar-refractivity contribution in [3.8, 4) is 17.2 Å². The van der Waals surface area contributed by atoms with E-state index in [0.717, 1.165) is 37.7 Å². The number of unbranched alkanes of at least 4 members (excludes halogenated alkanes) is 3. The molecule has 3 nitrogen and oxygen atoms in total. The molecule has 1 aliphatic rings. The van der Waals surface area contributed by atoms with Crippen LogP contribution in [0, 0.1) is 10.8 Å². The van der Waals surface area contributed by atoms with Gasteiger partial charge in [-0.3, -0.25) is 0 Å². The maximum absolute atomic E-state index is 10.6. The van der Waals surface area contributed by atoms with Gasteiger partial charge in [0.05, 0.1) is 0 Å². The number of phenolic OH excluding ortho intramolecular Hbond substituents is 3. The van der Waals surface area contributed by atoms with Gasteiger partial charge >= 0.3 is 0 Å². The van der Waals surface area contributed by atoms with Gasteiger partial charge in [0.25, 0.3) is 0 Å². The highest BCUT2D eigenvalue weighted by Crippen LogP contribution is 2.49. The molecule has 0 spiro atoms. The van der Waals surface area contributed by atoms with E-state index in [4.69, 9.17) is 0 Å². The molecule has 0 atom stereocenters. The van der Waals surface area contributed by atoms with E-state index < -0.39 is 0 Å². The fourth-order valence-corrected chi connectivity index (χ4v) is 3.78. The number of hydrogen-bond donors (Lipinski definition) is 3. The molecule has 3 heteroatoms. The van der Waals surface area contributed by atoms with Gasteiger partial charge in [-0.05, 0) is 73.8 Å². The highest BCUT2D eigenvalue weighted by Gasteiger charge is 2.36. The number of benzene rings is 1. The number of phenols is 3. The van der Waals surface area contributed by atoms with Crippen LogP contribution in [0.1, 0.15) is 103 Å². The Kier molecular flexibility index (Phi) is 7.47. The maximum atomic E-state index is 10.6. The first-order valence-corrected chi connectivity index (χ1v) is 10.9. The SMILES string of the molecule is CCC(C)(C)CCCCCc1cc(O)c(O)c(CCCCC2(C)CC2)c1O. The van der Waals surface area contributed by atoms with Crippen molar-refractivity contribution in [2.45, 2.75) is 105 Å². The first-order chi connectivity index (χ1) is 12.7. The summed E-state index contributed by atoms with van der Waals surface area (Å²) in [5, 5.41) is 30.9. The molecule has 1 aliphatic carbocycles. The molecule has 0 bridgehead atoms. The molecule has 3 N–H and O–H groups in total. The Labute approximate surface area is 165 Å². The van der Waals surface area contributed by atoms with Crippen LogP contribution in [0.15, 0.2) is 6.07 Å². The van der Waals surface area contributed by atoms with E-state index in [9.17, 15) is 15.3 Å². The molecule has 1 saturated carbocycles. The van der Waals surface area contributed by atoms with Crippen LogP contribution in [0.25, 0.3) is 0 Å². The van der Waals surface area contributed by atoms with Crippen LogP contribution in [-0.2, 0) is 12.8 Å². The van der Waals surface area contributed by atoms with Gasteiger partial charge in [0.2, 0.25) is 0 Å². The fraction of sp³-hybridized carbons (Fsp3) is 0.750. The summed E-state index contributed by atoms with van der Waals surface area (Å²) in [6, 6.07) is 1.54. The van der Waals surface area contributed by atoms with Crippen molar-refractivity contribution in [1.29, 1.82) is 0 Å². The van der Waals surface area contributed by atoms with Crippen LogP contribution in [0.3, 0.4) is 0 Å². The highest BCUT2D eigenvalue weighted by atomic mass is 16.3. The van der Waals surface area contributed by atoms with Gasteiger partial charge in [0, 0.05) is 5.56 Å². The lowest BCUT2D eigenvalue weighted by atomic mass is 9.84. The van der Waals surface area contributed by atoms with E-state index in [0.29, 0.717) is 22.8 Å². The van der Waals surface area contributed by atoms with Gasteiger partial charge in [-0.2, -0.15) is 0 Å². The van der Waals surface area contributed by atoms with E-state index >= 15 is 0 Å². The zero-order valence-corrected chi connectivity index (χ0v) is 17.9. The lowest BCUT2D eigenvalue weighted by Crippen LogP contribution is -2.08. The number of aromatic hydroxyl groups is 3. The summed E-state index contributed by atoms with van der Waals surface area (Å²) in [5.74, 6) is -0.0468. The molecule has 0 radical (unpaired) electrons. The average molecular weight is 377 g/mol. The smallest absolute Gasteiger partial charge is 0.164 e. The first-order valence-electron chi connectivity index (χ1n) is 10.9. The average Bonchev–Trinajstić information content (AvgIpc) is 3.35. The van der Waals surface area contributed by atoms with E-state index in [1.54, 1.807) is 0 Å². The van der Waals surface area contributed by atoms with E-state index in [1.165, 1.54) is 44.6 Å². The van der Waals surface area contributed by atoms with Crippen molar-refractivity contribution in [2.75, 3.05) is 0 Å². The number of hydrogen-bond acceptors (Lipinski definition) is 3. The minimum absolute atomic E-state index is 0.0981. The van der Waals surface area contributed by atoms with E-state index in [2.05, 4.69) is 27.7 Å². The topological polar surface area (TPSA) is 60.7 Å². The van der Waals surface area contributed by atoms with Gasteiger partial charge < -0.3 is 15.3 Å². The molecule has 0 heterocycles. The van der Waals surface area contributed by atoms with Crippen LogP contribution in [-0.4, -0.2) is 15.3 Å². The van der Waals surface area contributed by atoms with Gasteiger partial charge in [0.15, 0.2) is 11.5 Å². The molecule has 1 aromatic carbocycles. The minimum Gasteiger partial charge on any atom is -0.507 e. The maximum Gasteiger partial charge on any atom is 0.164 e. The lowest BCUT2D eigenvalue weighted by molar-refractivity contribution is 0.308. The van der Waals surface area contributed by atoms with Crippen LogP contribution in [0.2, 0.25) is 0 Å². The van der Waals surface area contributed by atoms with Crippen molar-refractivity contribution in [1.82, 2.24) is 0 Å². The summed E-state index contributed by atoms with van der Waals surface area (Å²) in [6.07, 6.45) is 13.0. The largest absolute Gasteiger partial charge is 0.507 e. The third-order valence-corrected chi connectivity index (χ3v) is 6.75. The molecule has 154 valence electrons. The molecule has 1 aromatic rings. The quantitative estimate of drug-likeness (QED) is 0.212. The van der Waals surface area contributed by atoms with Gasteiger partial charge in [0.1, 0.15) is 5.75 Å². The highest BCUT2D eigenvalue weighted by molar-refractivity contribution is 5.56. The van der Waals surface area contributed by atoms with Crippen molar-refractivity contribution in [3.05, 3.63) is 17.2 Å². The van der Waals surface area contributed by atoms with Gasteiger partial charge in [-0.15, -0.1) is 0 Å². The summed E-state index contributed by atoms with van der Waals surface area (Å²) >= 11 is 0. The van der Waals surface area contributed by atoms with Crippen molar-refractivity contribution in [2.24, 2.45) is 10.8 Å². The number of aryl methyl sites for hydroxylation is 1. The molecule has 0 aromatic heterocycles. The molecule has 0 amide bonds. The van der Waals surface area contributed by atoms with Crippen molar-refractivity contribution >= 4 is 0 Å². The molecular weight excluding hydrogens is 336 g/mol. The molecular formula is C24H40O3. The van der Waals surface area contributed by atoms with Crippen molar-refractivity contribution < 1.29 is 15.3 Å². The predicted octanol–water partition coefficient (Wildman–Crippen LogP) is 6.86. The summed E-state index contributed by atoms with van der Waals surface area (Å²) in [6.45, 7) is 9.19. The second-order valence-corrected chi connectivity index (χ2v) is 9.83. The Hall–Kier alpha value is -1.38. The summed E-state index contributed by atoms with van der Waals surface area (Å²) < 4.78 is 0. The Balaban J connectivity index is 1.85. The summed E-state index contributed by atoms with van der Waals surface area (Å²) in [7, 11) is 0. The number of rotatable bonds is 12. The van der Waals surface area contributed by atoms with Crippen LogP contribution < -0.4 is 0 Å². The second kappa shape index (κ2) is 9.21. The summed E-state index contributed by atoms with van der Waals surface area (Å²) in [5.41, 5.74) is 2.24. The monoisotopic (exact) mass is 376 g/mol. The standard InChI is InChI=1S/C24H40O3/c1-5-23(2,3)13-9-6-7-11-18-17-20(25)22(27)19(21(18)26)12-8-10-14-24(4)15-16-24/h17,25-27H,5-16H2,1-4H3. The Morgan fingerprint density at radius 3 is 2.22 bits per heavy atom. The molecule has 0 unspecified atom stereocenters. The van der Waals surface area contributed by atoms with Crippen LogP contribution in [0.5, 0.6) is 17.2 Å². The zero-order chi connectivity index (χ0) is 20.1. The lowest BCUT2D eigenvalue weighted by Gasteiger charge is -2.22. The minimum atomic E-state index is -0.140. The Morgan fingerprint density at radius 1 is 0.926 bits per heavy atom. The third kappa shape index (κ3) is 6.62. The first kappa shape index (κ1) is 21.9. The predicted molar refractivity (Wildman–Crippen MR) is 113 cm³/mol. The van der Waals surface area contributed by atoms with Crippen LogP contribution in [0.4, 0.5) is 0 Å². The van der Waals surface area contributed by atoms with Gasteiger partial charge in [-0.1, -0.05) is 53.4 Å². The van der Waals surface area contributed by atoms with Gasteiger partial charge in [-0.25, -0.2) is 0 Å². The molecule has 0 saturated heterocycles. The Morgan fingerprint density at radius 2 is 1.59 bits per heavy atom. The van der Waals surface area contributed by atoms with Crippen LogP contribution >= 0.6 is 0 Å². The molecule has 2 rings (SSSR count). The summed E-state index contributed by atoms with van der Waals surface area (Å²) in [4.78, 5) is 0. The third-order valence-electron chi connectivity index (χ3n) is 6.75. The van der Waals surface area contributed by atoms with Crippen molar-refractivity contribution in [3.63, 3.8) is 0 Å². The second-order valence-electron chi connectivity index (χ2n) is 9.83. The zero-order valence-electron chi connectivity index (χ0n) is 17.9. The Bertz CT molecular complexity index is 615. The molecule has 1 fully saturated rings. The van der Waals surface area contributed by atoms with E-state index in [1.807, 2.05) is 0 Å². The fourth-order valence-electron chi connectivity index (χ4n) is 3.78. The normalized spacial score (nSPS) is 15.9. The molecule has 27 heavy (non-hydrogen) atoms. The molecule has 0 aliphatic heterocycles. The van der Waals surface area contributed by atoms with E-state index in [-0.39, 0.29) is 17.2 Å².